The van der Waals surface area contributed by atoms with E-state index in [2.05, 4.69) is 15.3 Å². The molecule has 0 bridgehead atoms. The number of ether oxygens (including phenoxy) is 1. The molecule has 0 aliphatic heterocycles. The normalized spacial score (nSPS) is 11.6. The smallest absolute Gasteiger partial charge is 0.134 e. The van der Waals surface area contributed by atoms with Gasteiger partial charge in [0.25, 0.3) is 0 Å². The van der Waals surface area contributed by atoms with Crippen molar-refractivity contribution < 1.29 is 4.74 Å². The predicted octanol–water partition coefficient (Wildman–Crippen LogP) is 2.92. The van der Waals surface area contributed by atoms with Crippen molar-refractivity contribution in [3.8, 4) is 0 Å². The summed E-state index contributed by atoms with van der Waals surface area (Å²) in [6, 6.07) is 1.72. The molecule has 0 spiro atoms. The van der Waals surface area contributed by atoms with Crippen LogP contribution in [0.1, 0.15) is 33.5 Å². The molecule has 1 aromatic heterocycles. The number of anilines is 1. The van der Waals surface area contributed by atoms with E-state index >= 15 is 0 Å². The third kappa shape index (κ3) is 4.88. The van der Waals surface area contributed by atoms with Crippen LogP contribution in [0.2, 0.25) is 5.15 Å². The lowest BCUT2D eigenvalue weighted by molar-refractivity contribution is 0.000637. The summed E-state index contributed by atoms with van der Waals surface area (Å²) in [5.74, 6) is 1.49. The van der Waals surface area contributed by atoms with Crippen LogP contribution in [-0.4, -0.2) is 28.7 Å². The van der Waals surface area contributed by atoms with Gasteiger partial charge in [0.05, 0.1) is 5.60 Å². The Kier molecular flexibility index (Phi) is 5.15. The van der Waals surface area contributed by atoms with Crippen LogP contribution in [0.15, 0.2) is 6.07 Å². The monoisotopic (exact) mass is 257 g/mol. The fraction of sp³-hybridized carbons (Fsp3) is 0.667. The van der Waals surface area contributed by atoms with Gasteiger partial charge in [0, 0.05) is 25.6 Å². The summed E-state index contributed by atoms with van der Waals surface area (Å²) < 4.78 is 5.60. The van der Waals surface area contributed by atoms with Crippen LogP contribution in [0.5, 0.6) is 0 Å². The first kappa shape index (κ1) is 14.2. The Hall–Kier alpha value is -0.870. The first-order valence-corrected chi connectivity index (χ1v) is 6.26. The van der Waals surface area contributed by atoms with Gasteiger partial charge in [-0.2, -0.15) is 0 Å². The molecule has 96 valence electrons. The van der Waals surface area contributed by atoms with E-state index in [1.165, 1.54) is 0 Å². The number of halogens is 1. The van der Waals surface area contributed by atoms with Crippen LogP contribution in [0.3, 0.4) is 0 Å². The highest BCUT2D eigenvalue weighted by atomic mass is 35.5. The molecular weight excluding hydrogens is 238 g/mol. The Labute approximate surface area is 108 Å². The highest BCUT2D eigenvalue weighted by molar-refractivity contribution is 6.29. The van der Waals surface area contributed by atoms with Crippen LogP contribution in [-0.2, 0) is 11.2 Å². The molecule has 0 amide bonds. The molecular formula is C12H20ClN3O. The summed E-state index contributed by atoms with van der Waals surface area (Å²) in [4.78, 5) is 8.47. The summed E-state index contributed by atoms with van der Waals surface area (Å²) in [7, 11) is 0. The summed E-state index contributed by atoms with van der Waals surface area (Å²) in [6.07, 6.45) is 0.768. The molecule has 4 nitrogen and oxygen atoms in total. The van der Waals surface area contributed by atoms with Gasteiger partial charge in [-0.25, -0.2) is 9.97 Å². The average molecular weight is 258 g/mol. The Balaban J connectivity index is 2.65. The molecule has 0 saturated carbocycles. The van der Waals surface area contributed by atoms with Crippen molar-refractivity contribution in [2.75, 3.05) is 18.5 Å². The SMILES string of the molecule is CCOC(C)(C)CNc1cc(Cl)nc(CC)n1. The quantitative estimate of drug-likeness (QED) is 0.796. The van der Waals surface area contributed by atoms with Gasteiger partial charge >= 0.3 is 0 Å². The van der Waals surface area contributed by atoms with Gasteiger partial charge in [0.1, 0.15) is 16.8 Å². The third-order valence-electron chi connectivity index (χ3n) is 2.29. The molecule has 1 aromatic rings. The number of nitrogens with one attached hydrogen (secondary N) is 1. The zero-order valence-corrected chi connectivity index (χ0v) is 11.6. The van der Waals surface area contributed by atoms with Gasteiger partial charge in [0.15, 0.2) is 0 Å². The lowest BCUT2D eigenvalue weighted by atomic mass is 10.1. The van der Waals surface area contributed by atoms with Crippen LogP contribution in [0.25, 0.3) is 0 Å². The van der Waals surface area contributed by atoms with E-state index in [1.807, 2.05) is 27.7 Å². The molecule has 0 radical (unpaired) electrons. The molecule has 0 unspecified atom stereocenters. The fourth-order valence-electron chi connectivity index (χ4n) is 1.46. The largest absolute Gasteiger partial charge is 0.374 e. The lowest BCUT2D eigenvalue weighted by Gasteiger charge is -2.25. The van der Waals surface area contributed by atoms with E-state index in [4.69, 9.17) is 16.3 Å². The summed E-state index contributed by atoms with van der Waals surface area (Å²) in [6.45, 7) is 9.43. The molecule has 1 N–H and O–H groups in total. The van der Waals surface area contributed by atoms with E-state index in [0.717, 1.165) is 18.1 Å². The van der Waals surface area contributed by atoms with Crippen molar-refractivity contribution in [3.63, 3.8) is 0 Å². The van der Waals surface area contributed by atoms with E-state index in [-0.39, 0.29) is 5.60 Å². The van der Waals surface area contributed by atoms with Crippen molar-refractivity contribution in [1.82, 2.24) is 9.97 Å². The summed E-state index contributed by atoms with van der Waals surface area (Å²) in [5, 5.41) is 3.69. The van der Waals surface area contributed by atoms with E-state index < -0.39 is 0 Å². The second-order valence-electron chi connectivity index (χ2n) is 4.39. The standard InChI is InChI=1S/C12H20ClN3O/c1-5-10-15-9(13)7-11(16-10)14-8-12(3,4)17-6-2/h7H,5-6,8H2,1-4H3,(H,14,15,16). The first-order chi connectivity index (χ1) is 7.96. The van der Waals surface area contributed by atoms with Crippen LogP contribution >= 0.6 is 11.6 Å². The van der Waals surface area contributed by atoms with Gasteiger partial charge in [-0.15, -0.1) is 0 Å². The fourth-order valence-corrected chi connectivity index (χ4v) is 1.66. The predicted molar refractivity (Wildman–Crippen MR) is 70.6 cm³/mol. The Morgan fingerprint density at radius 1 is 1.35 bits per heavy atom. The van der Waals surface area contributed by atoms with Crippen molar-refractivity contribution in [3.05, 3.63) is 17.0 Å². The van der Waals surface area contributed by atoms with Gasteiger partial charge in [-0.1, -0.05) is 18.5 Å². The minimum Gasteiger partial charge on any atom is -0.374 e. The molecule has 0 aromatic carbocycles. The van der Waals surface area contributed by atoms with Gasteiger partial charge in [-0.3, -0.25) is 0 Å². The Bertz CT molecular complexity index is 369. The molecule has 17 heavy (non-hydrogen) atoms. The number of nitrogens with zero attached hydrogens (tertiary/aromatic N) is 2. The molecule has 1 rings (SSSR count). The van der Waals surface area contributed by atoms with Crippen molar-refractivity contribution in [1.29, 1.82) is 0 Å². The molecule has 0 atom stereocenters. The molecule has 5 heteroatoms. The second kappa shape index (κ2) is 6.17. The number of aromatic nitrogens is 2. The number of hydrogen-bond donors (Lipinski definition) is 1. The minimum atomic E-state index is -0.224. The molecule has 1 heterocycles. The average Bonchev–Trinajstić information content (AvgIpc) is 2.26. The maximum Gasteiger partial charge on any atom is 0.134 e. The van der Waals surface area contributed by atoms with Gasteiger partial charge in [-0.05, 0) is 20.8 Å². The maximum atomic E-state index is 5.92. The second-order valence-corrected chi connectivity index (χ2v) is 4.78. The Morgan fingerprint density at radius 2 is 2.06 bits per heavy atom. The van der Waals surface area contributed by atoms with Gasteiger partial charge in [0.2, 0.25) is 0 Å². The van der Waals surface area contributed by atoms with Gasteiger partial charge < -0.3 is 10.1 Å². The molecule has 0 saturated heterocycles. The summed E-state index contributed by atoms with van der Waals surface area (Å²) >= 11 is 5.92. The van der Waals surface area contributed by atoms with E-state index in [1.54, 1.807) is 6.07 Å². The maximum absolute atomic E-state index is 5.92. The lowest BCUT2D eigenvalue weighted by Crippen LogP contribution is -2.33. The third-order valence-corrected chi connectivity index (χ3v) is 2.48. The minimum absolute atomic E-state index is 0.224. The topological polar surface area (TPSA) is 47.0 Å². The van der Waals surface area contributed by atoms with Crippen molar-refractivity contribution >= 4 is 17.4 Å². The zero-order valence-electron chi connectivity index (χ0n) is 10.9. The van der Waals surface area contributed by atoms with Crippen LogP contribution in [0.4, 0.5) is 5.82 Å². The van der Waals surface area contributed by atoms with Crippen LogP contribution in [0, 0.1) is 0 Å². The van der Waals surface area contributed by atoms with Crippen molar-refractivity contribution in [2.24, 2.45) is 0 Å². The number of hydrogen-bond acceptors (Lipinski definition) is 4. The summed E-state index contributed by atoms with van der Waals surface area (Å²) in [5.41, 5.74) is -0.224. The highest BCUT2D eigenvalue weighted by Gasteiger charge is 2.17. The first-order valence-electron chi connectivity index (χ1n) is 5.88. The van der Waals surface area contributed by atoms with Crippen molar-refractivity contribution in [2.45, 2.75) is 39.7 Å². The molecule has 0 fully saturated rings. The number of aryl methyl sites for hydroxylation is 1. The Morgan fingerprint density at radius 3 is 2.65 bits per heavy atom. The molecule has 0 aliphatic rings. The zero-order chi connectivity index (χ0) is 12.9. The molecule has 0 aliphatic carbocycles. The van der Waals surface area contributed by atoms with E-state index in [0.29, 0.717) is 18.3 Å². The highest BCUT2D eigenvalue weighted by Crippen LogP contribution is 2.14. The number of rotatable bonds is 6. The van der Waals surface area contributed by atoms with Crippen LogP contribution < -0.4 is 5.32 Å². The van der Waals surface area contributed by atoms with E-state index in [9.17, 15) is 0 Å².